The van der Waals surface area contributed by atoms with E-state index in [0.29, 0.717) is 22.8 Å². The van der Waals surface area contributed by atoms with Crippen LogP contribution in [-0.4, -0.2) is 17.6 Å². The first-order chi connectivity index (χ1) is 13.0. The van der Waals surface area contributed by atoms with Gasteiger partial charge in [0, 0.05) is 0 Å². The molecule has 1 saturated carbocycles. The molecule has 2 aromatic heterocycles. The first kappa shape index (κ1) is 17.5. The quantitative estimate of drug-likeness (QED) is 0.554. The lowest BCUT2D eigenvalue weighted by Crippen LogP contribution is -2.18. The Balaban J connectivity index is 1.88. The van der Waals surface area contributed by atoms with E-state index in [1.165, 1.54) is 25.3 Å². The number of nitrogens with zero attached hydrogens (tertiary/aromatic N) is 1. The number of esters is 1. The molecule has 0 radical (unpaired) electrons. The Morgan fingerprint density at radius 1 is 1.33 bits per heavy atom. The van der Waals surface area contributed by atoms with Crippen LogP contribution in [0.1, 0.15) is 54.9 Å². The third-order valence-electron chi connectivity index (χ3n) is 5.59. The van der Waals surface area contributed by atoms with Gasteiger partial charge in [-0.15, -0.1) is 0 Å². The van der Waals surface area contributed by atoms with Gasteiger partial charge in [-0.05, 0) is 55.4 Å². The number of nitrogens with two attached hydrogens (primary N) is 1. The Labute approximate surface area is 156 Å². The molecule has 27 heavy (non-hydrogen) atoms. The van der Waals surface area contributed by atoms with Crippen molar-refractivity contribution < 1.29 is 13.9 Å². The molecule has 1 aromatic carbocycles. The van der Waals surface area contributed by atoms with Crippen molar-refractivity contribution in [3.05, 3.63) is 45.6 Å². The van der Waals surface area contributed by atoms with Crippen LogP contribution in [0.5, 0.6) is 0 Å². The van der Waals surface area contributed by atoms with Crippen molar-refractivity contribution in [2.24, 2.45) is 5.92 Å². The molecule has 6 heteroatoms. The number of rotatable bonds is 4. The Kier molecular flexibility index (Phi) is 4.34. The summed E-state index contributed by atoms with van der Waals surface area (Å²) >= 11 is 0. The number of anilines is 1. The fraction of sp³-hybridized carbons (Fsp3) is 0.381. The van der Waals surface area contributed by atoms with E-state index in [9.17, 15) is 9.59 Å². The van der Waals surface area contributed by atoms with E-state index in [4.69, 9.17) is 14.9 Å². The summed E-state index contributed by atoms with van der Waals surface area (Å²) in [6, 6.07) is 7.15. The fourth-order valence-corrected chi connectivity index (χ4v) is 3.68. The third-order valence-corrected chi connectivity index (χ3v) is 5.59. The molecule has 1 atom stereocenters. The molecule has 0 bridgehead atoms. The lowest BCUT2D eigenvalue weighted by Gasteiger charge is -2.31. The van der Waals surface area contributed by atoms with Crippen molar-refractivity contribution in [1.29, 1.82) is 0 Å². The maximum absolute atomic E-state index is 13.1. The van der Waals surface area contributed by atoms with E-state index in [0.717, 1.165) is 5.56 Å². The van der Waals surface area contributed by atoms with Gasteiger partial charge >= 0.3 is 5.97 Å². The minimum Gasteiger partial charge on any atom is -0.462 e. The molecule has 2 N–H and O–H groups in total. The van der Waals surface area contributed by atoms with Crippen LogP contribution in [-0.2, 0) is 4.74 Å². The van der Waals surface area contributed by atoms with E-state index >= 15 is 0 Å². The lowest BCUT2D eigenvalue weighted by atomic mass is 9.74. The predicted octanol–water partition coefficient (Wildman–Crippen LogP) is 4.00. The van der Waals surface area contributed by atoms with E-state index in [-0.39, 0.29) is 34.5 Å². The van der Waals surface area contributed by atoms with Gasteiger partial charge in [0.2, 0.25) is 11.1 Å². The number of hydrogen-bond donors (Lipinski definition) is 1. The Hall–Kier alpha value is -2.89. The van der Waals surface area contributed by atoms with Crippen molar-refractivity contribution in [2.45, 2.75) is 39.0 Å². The highest BCUT2D eigenvalue weighted by atomic mass is 16.5. The smallest absolute Gasteiger partial charge is 0.341 e. The molecule has 1 fully saturated rings. The molecule has 0 amide bonds. The molecule has 3 aromatic rings. The van der Waals surface area contributed by atoms with Crippen molar-refractivity contribution in [3.63, 3.8) is 0 Å². The highest BCUT2D eigenvalue weighted by molar-refractivity contribution is 5.99. The summed E-state index contributed by atoms with van der Waals surface area (Å²) in [5.41, 5.74) is 7.44. The Morgan fingerprint density at radius 3 is 2.78 bits per heavy atom. The average Bonchev–Trinajstić information content (AvgIpc) is 2.60. The molecule has 0 aliphatic heterocycles. The van der Waals surface area contributed by atoms with Crippen LogP contribution in [0.2, 0.25) is 0 Å². The summed E-state index contributed by atoms with van der Waals surface area (Å²) in [6.45, 7) is 4.12. The third kappa shape index (κ3) is 2.95. The minimum atomic E-state index is -0.601. The summed E-state index contributed by atoms with van der Waals surface area (Å²) in [5, 5.41) is 0.723. The topological polar surface area (TPSA) is 95.4 Å². The molecular formula is C21H22N2O4. The summed E-state index contributed by atoms with van der Waals surface area (Å²) in [6.07, 6.45) is 3.74. The van der Waals surface area contributed by atoms with Crippen molar-refractivity contribution in [1.82, 2.24) is 4.98 Å². The molecule has 6 nitrogen and oxygen atoms in total. The molecule has 1 aliphatic rings. The van der Waals surface area contributed by atoms with Gasteiger partial charge in [-0.25, -0.2) is 4.79 Å². The van der Waals surface area contributed by atoms with Gasteiger partial charge in [0.25, 0.3) is 0 Å². The van der Waals surface area contributed by atoms with Crippen LogP contribution in [0, 0.1) is 5.92 Å². The molecule has 4 rings (SSSR count). The standard InChI is InChI=1S/C21H22N2O4/c1-3-26-21(25)16-10-15-18(24)14-9-13(11(2)12-5-4-6-12)7-8-17(14)27-20(15)23-19(16)22/h7-12H,3-6H2,1-2H3,(H2,22,23). The maximum atomic E-state index is 13.1. The number of carbonyl (C=O) groups excluding carboxylic acids is 1. The summed E-state index contributed by atoms with van der Waals surface area (Å²) in [7, 11) is 0. The molecule has 0 saturated heterocycles. The van der Waals surface area contributed by atoms with E-state index < -0.39 is 5.97 Å². The average molecular weight is 366 g/mol. The number of pyridine rings is 1. The van der Waals surface area contributed by atoms with Gasteiger partial charge in [-0.3, -0.25) is 4.79 Å². The predicted molar refractivity (Wildman–Crippen MR) is 104 cm³/mol. The number of ether oxygens (including phenoxy) is 1. The zero-order valence-electron chi connectivity index (χ0n) is 15.5. The fourth-order valence-electron chi connectivity index (χ4n) is 3.68. The molecule has 140 valence electrons. The summed E-state index contributed by atoms with van der Waals surface area (Å²) < 4.78 is 10.8. The second kappa shape index (κ2) is 6.68. The first-order valence-electron chi connectivity index (χ1n) is 9.33. The van der Waals surface area contributed by atoms with E-state index in [1.54, 1.807) is 6.92 Å². The van der Waals surface area contributed by atoms with Gasteiger partial charge < -0.3 is 14.9 Å². The molecule has 0 spiro atoms. The van der Waals surface area contributed by atoms with Gasteiger partial charge in [0.15, 0.2) is 0 Å². The van der Waals surface area contributed by atoms with Crippen LogP contribution in [0.4, 0.5) is 5.82 Å². The van der Waals surface area contributed by atoms with E-state index in [1.807, 2.05) is 18.2 Å². The second-order valence-electron chi connectivity index (χ2n) is 7.16. The van der Waals surface area contributed by atoms with Crippen LogP contribution in [0.3, 0.4) is 0 Å². The molecular weight excluding hydrogens is 344 g/mol. The van der Waals surface area contributed by atoms with Gasteiger partial charge in [-0.2, -0.15) is 4.98 Å². The SMILES string of the molecule is CCOC(=O)c1cc2c(=O)c3cc(C(C)C4CCC4)ccc3oc2nc1N. The number of benzene rings is 1. The van der Waals surface area contributed by atoms with Crippen molar-refractivity contribution in [3.8, 4) is 0 Å². The first-order valence-corrected chi connectivity index (χ1v) is 9.33. The number of carbonyl (C=O) groups is 1. The molecule has 1 aliphatic carbocycles. The van der Waals surface area contributed by atoms with Crippen LogP contribution < -0.4 is 11.2 Å². The lowest BCUT2D eigenvalue weighted by molar-refractivity contribution is 0.0527. The molecule has 1 unspecified atom stereocenters. The molecule has 2 heterocycles. The van der Waals surface area contributed by atoms with Gasteiger partial charge in [-0.1, -0.05) is 19.4 Å². The summed E-state index contributed by atoms with van der Waals surface area (Å²) in [5.74, 6) is 0.458. The number of nitrogen functional groups attached to an aromatic ring is 1. The zero-order chi connectivity index (χ0) is 19.1. The highest BCUT2D eigenvalue weighted by Gasteiger charge is 2.25. The largest absolute Gasteiger partial charge is 0.462 e. The van der Waals surface area contributed by atoms with Crippen molar-refractivity contribution >= 4 is 33.9 Å². The van der Waals surface area contributed by atoms with Gasteiger partial charge in [0.05, 0.1) is 17.4 Å². The minimum absolute atomic E-state index is 0.0151. The number of fused-ring (bicyclic) bond motifs is 2. The normalized spacial score (nSPS) is 15.6. The zero-order valence-corrected chi connectivity index (χ0v) is 15.5. The van der Waals surface area contributed by atoms with E-state index in [2.05, 4.69) is 11.9 Å². The second-order valence-corrected chi connectivity index (χ2v) is 7.16. The van der Waals surface area contributed by atoms with Crippen LogP contribution in [0.25, 0.3) is 22.1 Å². The summed E-state index contributed by atoms with van der Waals surface area (Å²) in [4.78, 5) is 29.2. The Morgan fingerprint density at radius 2 is 2.11 bits per heavy atom. The van der Waals surface area contributed by atoms with Crippen molar-refractivity contribution in [2.75, 3.05) is 12.3 Å². The number of aromatic nitrogens is 1. The Bertz CT molecular complexity index is 1100. The van der Waals surface area contributed by atoms with Gasteiger partial charge in [0.1, 0.15) is 17.0 Å². The van der Waals surface area contributed by atoms with Crippen LogP contribution >= 0.6 is 0 Å². The number of hydrogen-bond acceptors (Lipinski definition) is 6. The monoisotopic (exact) mass is 366 g/mol. The maximum Gasteiger partial charge on any atom is 0.341 e. The highest BCUT2D eigenvalue weighted by Crippen LogP contribution is 2.39. The van der Waals surface area contributed by atoms with Crippen LogP contribution in [0.15, 0.2) is 33.5 Å².